The second-order valence-electron chi connectivity index (χ2n) is 5.98. The summed E-state index contributed by atoms with van der Waals surface area (Å²) in [5.74, 6) is 2.14. The third-order valence-corrected chi connectivity index (χ3v) is 4.87. The first kappa shape index (κ1) is 14.5. The highest BCUT2D eigenvalue weighted by Crippen LogP contribution is 2.45. The van der Waals surface area contributed by atoms with E-state index >= 15 is 0 Å². The highest BCUT2D eigenvalue weighted by atomic mass is 16.7. The normalized spacial score (nSPS) is 27.3. The molecule has 0 spiro atoms. The van der Waals surface area contributed by atoms with Gasteiger partial charge >= 0.3 is 0 Å². The number of hydrogen-bond donors (Lipinski definition) is 0. The summed E-state index contributed by atoms with van der Waals surface area (Å²) in [5, 5.41) is 0. The number of rotatable bonds is 5. The lowest BCUT2D eigenvalue weighted by molar-refractivity contribution is -0.125. The second kappa shape index (κ2) is 6.16. The Morgan fingerprint density at radius 3 is 2.81 bits per heavy atom. The van der Waals surface area contributed by atoms with Crippen molar-refractivity contribution in [2.24, 2.45) is 17.8 Å². The van der Waals surface area contributed by atoms with Crippen molar-refractivity contribution in [3.05, 3.63) is 29.3 Å². The first-order valence-corrected chi connectivity index (χ1v) is 7.48. The number of Topliss-reactive ketones (excluding diaryl/α,β-unsaturated/α-hetero) is 1. The van der Waals surface area contributed by atoms with Crippen LogP contribution in [-0.4, -0.2) is 33.4 Å². The van der Waals surface area contributed by atoms with Crippen LogP contribution in [0.3, 0.4) is 0 Å². The summed E-state index contributed by atoms with van der Waals surface area (Å²) in [7, 11) is 3.31. The Labute approximate surface area is 125 Å². The van der Waals surface area contributed by atoms with Crippen LogP contribution < -0.4 is 4.74 Å². The summed E-state index contributed by atoms with van der Waals surface area (Å²) in [6, 6.07) is 6.20. The van der Waals surface area contributed by atoms with Crippen molar-refractivity contribution < 1.29 is 19.0 Å². The fourth-order valence-corrected chi connectivity index (χ4v) is 3.88. The maximum atomic E-state index is 12.3. The molecule has 0 bridgehead atoms. The fourth-order valence-electron chi connectivity index (χ4n) is 3.88. The molecule has 0 aliphatic heterocycles. The molecule has 1 aromatic rings. The van der Waals surface area contributed by atoms with Gasteiger partial charge in [-0.05, 0) is 41.9 Å². The Balaban J connectivity index is 1.79. The number of hydrogen-bond acceptors (Lipinski definition) is 4. The Morgan fingerprint density at radius 1 is 1.19 bits per heavy atom. The highest BCUT2D eigenvalue weighted by Gasteiger charge is 2.45. The van der Waals surface area contributed by atoms with E-state index in [0.29, 0.717) is 30.6 Å². The number of ether oxygens (including phenoxy) is 3. The van der Waals surface area contributed by atoms with Crippen molar-refractivity contribution in [3.8, 4) is 5.75 Å². The van der Waals surface area contributed by atoms with Gasteiger partial charge in [0, 0.05) is 19.4 Å². The molecule has 1 fully saturated rings. The lowest BCUT2D eigenvalue weighted by Crippen LogP contribution is -2.29. The molecule has 2 aliphatic rings. The molecule has 2 aliphatic carbocycles. The fraction of sp³-hybridized carbons (Fsp3) is 0.588. The first-order valence-electron chi connectivity index (χ1n) is 7.48. The van der Waals surface area contributed by atoms with Gasteiger partial charge in [-0.3, -0.25) is 4.79 Å². The predicted octanol–water partition coefficient (Wildman–Crippen LogP) is 2.24. The van der Waals surface area contributed by atoms with E-state index in [-0.39, 0.29) is 12.7 Å². The van der Waals surface area contributed by atoms with E-state index in [2.05, 4.69) is 6.07 Å². The van der Waals surface area contributed by atoms with Gasteiger partial charge in [0.1, 0.15) is 18.3 Å². The number of fused-ring (bicyclic) bond motifs is 2. The van der Waals surface area contributed by atoms with Gasteiger partial charge in [0.25, 0.3) is 0 Å². The molecule has 0 saturated heterocycles. The average molecular weight is 290 g/mol. The summed E-state index contributed by atoms with van der Waals surface area (Å²) in [4.78, 5) is 12.3. The van der Waals surface area contributed by atoms with Crippen LogP contribution in [0.1, 0.15) is 17.5 Å². The maximum Gasteiger partial charge on any atom is 0.146 e. The van der Waals surface area contributed by atoms with Crippen molar-refractivity contribution >= 4 is 5.78 Å². The van der Waals surface area contributed by atoms with Crippen LogP contribution in [0.4, 0.5) is 0 Å². The van der Waals surface area contributed by atoms with Gasteiger partial charge in [-0.25, -0.2) is 0 Å². The van der Waals surface area contributed by atoms with Crippen molar-refractivity contribution in [2.45, 2.75) is 19.3 Å². The number of methoxy groups -OCH3 is 2. The van der Waals surface area contributed by atoms with Crippen molar-refractivity contribution in [1.82, 2.24) is 0 Å². The molecule has 3 rings (SSSR count). The smallest absolute Gasteiger partial charge is 0.146 e. The van der Waals surface area contributed by atoms with Crippen LogP contribution in [0.5, 0.6) is 5.75 Å². The zero-order valence-corrected chi connectivity index (χ0v) is 12.6. The van der Waals surface area contributed by atoms with E-state index < -0.39 is 0 Å². The molecule has 21 heavy (non-hydrogen) atoms. The number of benzene rings is 1. The summed E-state index contributed by atoms with van der Waals surface area (Å²) in [6.07, 6.45) is 2.56. The van der Waals surface area contributed by atoms with E-state index in [1.165, 1.54) is 11.1 Å². The van der Waals surface area contributed by atoms with E-state index in [9.17, 15) is 4.79 Å². The zero-order valence-electron chi connectivity index (χ0n) is 12.6. The van der Waals surface area contributed by atoms with E-state index in [1.807, 2.05) is 12.1 Å². The molecular formula is C17H22O4. The molecule has 0 N–H and O–H groups in total. The molecule has 0 aromatic heterocycles. The van der Waals surface area contributed by atoms with Gasteiger partial charge < -0.3 is 14.2 Å². The van der Waals surface area contributed by atoms with E-state index in [0.717, 1.165) is 18.6 Å². The largest absolute Gasteiger partial charge is 0.496 e. The molecule has 1 saturated carbocycles. The minimum absolute atomic E-state index is 0.0181. The molecule has 1 unspecified atom stereocenters. The van der Waals surface area contributed by atoms with E-state index in [1.54, 1.807) is 14.2 Å². The summed E-state index contributed by atoms with van der Waals surface area (Å²) in [5.41, 5.74) is 2.61. The Hall–Kier alpha value is -1.39. The van der Waals surface area contributed by atoms with Crippen LogP contribution >= 0.6 is 0 Å². The number of carbonyl (C=O) groups is 1. The zero-order chi connectivity index (χ0) is 14.8. The lowest BCUT2D eigenvalue weighted by atomic mass is 9.75. The van der Waals surface area contributed by atoms with Gasteiger partial charge in [-0.2, -0.15) is 0 Å². The maximum absolute atomic E-state index is 12.3. The van der Waals surface area contributed by atoms with Crippen molar-refractivity contribution in [1.29, 1.82) is 0 Å². The van der Waals surface area contributed by atoms with Gasteiger partial charge in [-0.15, -0.1) is 0 Å². The van der Waals surface area contributed by atoms with Crippen LogP contribution in [-0.2, 0) is 27.1 Å². The summed E-state index contributed by atoms with van der Waals surface area (Å²) in [6.45, 7) is 0.735. The van der Waals surface area contributed by atoms with Gasteiger partial charge in [-0.1, -0.05) is 12.1 Å². The van der Waals surface area contributed by atoms with E-state index in [4.69, 9.17) is 14.2 Å². The molecule has 0 radical (unpaired) electrons. The SMILES string of the molecule is COCOC[C@H]1C(=O)CC2Cc3c(cccc3OC)C[C@@H]21. The van der Waals surface area contributed by atoms with Crippen molar-refractivity contribution in [2.75, 3.05) is 27.6 Å². The topological polar surface area (TPSA) is 44.8 Å². The van der Waals surface area contributed by atoms with Gasteiger partial charge in [0.2, 0.25) is 0 Å². The third-order valence-electron chi connectivity index (χ3n) is 4.87. The van der Waals surface area contributed by atoms with Gasteiger partial charge in [0.15, 0.2) is 0 Å². The highest BCUT2D eigenvalue weighted by molar-refractivity contribution is 5.84. The predicted molar refractivity (Wildman–Crippen MR) is 78.3 cm³/mol. The molecule has 4 heteroatoms. The van der Waals surface area contributed by atoms with Crippen LogP contribution in [0.2, 0.25) is 0 Å². The van der Waals surface area contributed by atoms with Crippen LogP contribution in [0, 0.1) is 17.8 Å². The first-order chi connectivity index (χ1) is 10.2. The monoisotopic (exact) mass is 290 g/mol. The quantitative estimate of drug-likeness (QED) is 0.616. The Morgan fingerprint density at radius 2 is 2.05 bits per heavy atom. The second-order valence-corrected chi connectivity index (χ2v) is 5.98. The minimum Gasteiger partial charge on any atom is -0.496 e. The molecule has 114 valence electrons. The van der Waals surface area contributed by atoms with Crippen LogP contribution in [0.15, 0.2) is 18.2 Å². The Kier molecular flexibility index (Phi) is 4.27. The van der Waals surface area contributed by atoms with Gasteiger partial charge in [0.05, 0.1) is 13.7 Å². The molecule has 1 aromatic carbocycles. The molecule has 0 heterocycles. The number of carbonyl (C=O) groups excluding carboxylic acids is 1. The molecule has 0 amide bonds. The van der Waals surface area contributed by atoms with Crippen molar-refractivity contribution in [3.63, 3.8) is 0 Å². The number of ketones is 1. The average Bonchev–Trinajstić information content (AvgIpc) is 2.80. The van der Waals surface area contributed by atoms with Crippen LogP contribution in [0.25, 0.3) is 0 Å². The summed E-state index contributed by atoms with van der Waals surface area (Å²) < 4.78 is 15.8. The molecule has 3 atom stereocenters. The minimum atomic E-state index is 0.0181. The standard InChI is InChI=1S/C17H22O4/c1-19-10-21-9-15-13-6-11-4-3-5-17(20-2)14(11)7-12(13)8-16(15)18/h3-5,12-13,15H,6-10H2,1-2H3/t12?,13-,15+/m0/s1. The summed E-state index contributed by atoms with van der Waals surface area (Å²) >= 11 is 0. The molecule has 4 nitrogen and oxygen atoms in total. The molecular weight excluding hydrogens is 268 g/mol. The lowest BCUT2D eigenvalue weighted by Gasteiger charge is -2.31. The third kappa shape index (κ3) is 2.70. The Bertz CT molecular complexity index is 526.